The number of aromatic hydroxyl groups is 1. The van der Waals surface area contributed by atoms with E-state index in [1.54, 1.807) is 13.0 Å². The minimum absolute atomic E-state index is 0.114. The number of allylic oxidation sites excluding steroid dienone is 1. The van der Waals surface area contributed by atoms with E-state index in [0.29, 0.717) is 12.2 Å². The zero-order valence-corrected chi connectivity index (χ0v) is 12.6. The summed E-state index contributed by atoms with van der Waals surface area (Å²) in [5.41, 5.74) is -1.15. The van der Waals surface area contributed by atoms with Crippen molar-refractivity contribution in [3.05, 3.63) is 34.2 Å². The molecule has 0 amide bonds. The van der Waals surface area contributed by atoms with Gasteiger partial charge in [0.25, 0.3) is 0 Å². The Bertz CT molecular complexity index is 602. The molecule has 6 nitrogen and oxygen atoms in total. The van der Waals surface area contributed by atoms with Gasteiger partial charge in [0.2, 0.25) is 0 Å². The van der Waals surface area contributed by atoms with Crippen molar-refractivity contribution in [3.63, 3.8) is 0 Å². The number of carbonyl (C=O) groups is 2. The third kappa shape index (κ3) is 5.11. The number of ketones is 1. The van der Waals surface area contributed by atoms with Gasteiger partial charge in [-0.3, -0.25) is 4.79 Å². The van der Waals surface area contributed by atoms with Crippen LogP contribution in [0, 0.1) is 0 Å². The van der Waals surface area contributed by atoms with Gasteiger partial charge in [-0.1, -0.05) is 24.8 Å². The van der Waals surface area contributed by atoms with Crippen molar-refractivity contribution in [1.82, 2.24) is 0 Å². The normalized spacial score (nSPS) is 10.8. The Labute approximate surface area is 125 Å². The van der Waals surface area contributed by atoms with Crippen LogP contribution >= 0.6 is 11.8 Å². The molecule has 0 bridgehead atoms. The Morgan fingerprint density at radius 3 is 2.76 bits per heavy atom. The lowest BCUT2D eigenvalue weighted by Crippen LogP contribution is -2.13. The van der Waals surface area contributed by atoms with E-state index in [4.69, 9.17) is 4.42 Å². The fourth-order valence-corrected chi connectivity index (χ4v) is 2.22. The first-order valence-corrected chi connectivity index (χ1v) is 7.25. The summed E-state index contributed by atoms with van der Waals surface area (Å²) >= 11 is 1.19. The second kappa shape index (κ2) is 8.31. The molecule has 0 fully saturated rings. The highest BCUT2D eigenvalue weighted by atomic mass is 32.2. The molecule has 0 saturated carbocycles. The molecular weight excluding hydrogens is 296 g/mol. The molecule has 0 aliphatic carbocycles. The van der Waals surface area contributed by atoms with Crippen LogP contribution in [0.2, 0.25) is 0 Å². The summed E-state index contributed by atoms with van der Waals surface area (Å²) in [6.45, 7) is 1.59. The van der Waals surface area contributed by atoms with Gasteiger partial charge in [0, 0.05) is 24.3 Å². The van der Waals surface area contributed by atoms with Crippen LogP contribution in [0.3, 0.4) is 0 Å². The van der Waals surface area contributed by atoms with E-state index in [1.165, 1.54) is 31.0 Å². The van der Waals surface area contributed by atoms with Crippen LogP contribution in [0.4, 0.5) is 0 Å². The van der Waals surface area contributed by atoms with Gasteiger partial charge in [0.1, 0.15) is 11.3 Å². The van der Waals surface area contributed by atoms with Crippen LogP contribution in [0.25, 0.3) is 0 Å². The van der Waals surface area contributed by atoms with Gasteiger partial charge in [0.15, 0.2) is 10.9 Å². The van der Waals surface area contributed by atoms with Crippen LogP contribution in [0.15, 0.2) is 32.5 Å². The predicted octanol–water partition coefficient (Wildman–Crippen LogP) is 2.15. The van der Waals surface area contributed by atoms with E-state index >= 15 is 0 Å². The van der Waals surface area contributed by atoms with Crippen LogP contribution < -0.4 is 5.63 Å². The number of methoxy groups -OCH3 is 1. The molecule has 1 heterocycles. The minimum Gasteiger partial charge on any atom is -0.507 e. The lowest BCUT2D eigenvalue weighted by molar-refractivity contribution is -0.134. The lowest BCUT2D eigenvalue weighted by atomic mass is 10.1. The topological polar surface area (TPSA) is 93.8 Å². The highest BCUT2D eigenvalue weighted by Gasteiger charge is 2.17. The van der Waals surface area contributed by atoms with Crippen molar-refractivity contribution >= 4 is 23.5 Å². The summed E-state index contributed by atoms with van der Waals surface area (Å²) in [4.78, 5) is 33.9. The molecule has 7 heteroatoms. The van der Waals surface area contributed by atoms with Crippen molar-refractivity contribution in [2.24, 2.45) is 0 Å². The second-order valence-corrected chi connectivity index (χ2v) is 5.05. The number of Topliss-reactive ketones (excluding diaryl/α,β-unsaturated/α-hetero) is 1. The van der Waals surface area contributed by atoms with E-state index in [1.807, 2.05) is 0 Å². The highest BCUT2D eigenvalue weighted by molar-refractivity contribution is 7.99. The first-order valence-electron chi connectivity index (χ1n) is 6.27. The first-order chi connectivity index (χ1) is 9.99. The maximum Gasteiger partial charge on any atom is 0.351 e. The quantitative estimate of drug-likeness (QED) is 0.271. The van der Waals surface area contributed by atoms with Crippen LogP contribution in [-0.4, -0.2) is 29.7 Å². The molecule has 0 spiro atoms. The summed E-state index contributed by atoms with van der Waals surface area (Å²) in [6, 6.07) is 1.25. The Morgan fingerprint density at radius 2 is 2.19 bits per heavy atom. The number of esters is 1. The van der Waals surface area contributed by atoms with E-state index in [9.17, 15) is 19.5 Å². The van der Waals surface area contributed by atoms with Crippen LogP contribution in [0.5, 0.6) is 5.75 Å². The third-order valence-corrected chi connectivity index (χ3v) is 3.42. The Morgan fingerprint density at radius 1 is 1.48 bits per heavy atom. The Balaban J connectivity index is 2.66. The molecular formula is C14H16O6S. The molecule has 1 aromatic heterocycles. The van der Waals surface area contributed by atoms with Gasteiger partial charge in [-0.2, -0.15) is 0 Å². The molecule has 1 N–H and O–H groups in total. The SMILES string of the molecule is CCC(=O)c1c(O)cc(SCC/C=C/C(=O)OC)oc1=O. The Kier molecular flexibility index (Phi) is 6.74. The monoisotopic (exact) mass is 312 g/mol. The fraction of sp³-hybridized carbons (Fsp3) is 0.357. The van der Waals surface area contributed by atoms with Crippen molar-refractivity contribution < 1.29 is 23.8 Å². The van der Waals surface area contributed by atoms with Gasteiger partial charge in [-0.05, 0) is 6.42 Å². The number of hydrogen-bond acceptors (Lipinski definition) is 7. The van der Waals surface area contributed by atoms with Crippen LogP contribution in [0.1, 0.15) is 30.1 Å². The summed E-state index contributed by atoms with van der Waals surface area (Å²) in [7, 11) is 1.29. The molecule has 0 saturated heterocycles. The number of hydrogen-bond donors (Lipinski definition) is 1. The largest absolute Gasteiger partial charge is 0.507 e. The number of thioether (sulfide) groups is 1. The molecule has 0 aliphatic heterocycles. The molecule has 114 valence electrons. The average Bonchev–Trinajstić information content (AvgIpc) is 2.45. The molecule has 0 aromatic carbocycles. The van der Waals surface area contributed by atoms with Crippen molar-refractivity contribution in [2.45, 2.75) is 24.9 Å². The smallest absolute Gasteiger partial charge is 0.351 e. The molecule has 1 rings (SSSR count). The van der Waals surface area contributed by atoms with Gasteiger partial charge >= 0.3 is 11.6 Å². The molecule has 0 atom stereocenters. The van der Waals surface area contributed by atoms with Gasteiger partial charge in [-0.15, -0.1) is 0 Å². The maximum atomic E-state index is 11.6. The zero-order chi connectivity index (χ0) is 15.8. The van der Waals surface area contributed by atoms with E-state index in [-0.39, 0.29) is 22.8 Å². The summed E-state index contributed by atoms with van der Waals surface area (Å²) in [5.74, 6) is -0.729. The minimum atomic E-state index is -0.838. The van der Waals surface area contributed by atoms with Gasteiger partial charge in [0.05, 0.1) is 7.11 Å². The zero-order valence-electron chi connectivity index (χ0n) is 11.8. The molecule has 0 radical (unpaired) electrons. The summed E-state index contributed by atoms with van der Waals surface area (Å²) < 4.78 is 9.41. The number of carbonyl (C=O) groups excluding carboxylic acids is 2. The fourth-order valence-electron chi connectivity index (χ4n) is 1.44. The highest BCUT2D eigenvalue weighted by Crippen LogP contribution is 2.24. The van der Waals surface area contributed by atoms with Crippen molar-refractivity contribution in [2.75, 3.05) is 12.9 Å². The van der Waals surface area contributed by atoms with Crippen molar-refractivity contribution in [1.29, 1.82) is 0 Å². The van der Waals surface area contributed by atoms with Gasteiger partial charge in [-0.25, -0.2) is 9.59 Å². The second-order valence-electron chi connectivity index (χ2n) is 3.95. The summed E-state index contributed by atoms with van der Waals surface area (Å²) in [6.07, 6.45) is 3.60. The summed E-state index contributed by atoms with van der Waals surface area (Å²) in [5, 5.41) is 9.93. The Hall–Kier alpha value is -2.02. The standard InChI is InChI=1S/C14H16O6S/c1-3-9(15)13-10(16)8-12(20-14(13)18)21-7-5-4-6-11(17)19-2/h4,6,8,16H,3,5,7H2,1-2H3/b6-4+. The molecule has 0 aliphatic rings. The lowest BCUT2D eigenvalue weighted by Gasteiger charge is -2.03. The predicted molar refractivity (Wildman–Crippen MR) is 77.8 cm³/mol. The molecule has 0 unspecified atom stereocenters. The van der Waals surface area contributed by atoms with Crippen LogP contribution in [-0.2, 0) is 9.53 Å². The van der Waals surface area contributed by atoms with E-state index < -0.39 is 17.4 Å². The first kappa shape index (κ1) is 17.0. The van der Waals surface area contributed by atoms with Crippen molar-refractivity contribution in [3.8, 4) is 5.75 Å². The molecule has 1 aromatic rings. The number of ether oxygens (including phenoxy) is 1. The number of rotatable bonds is 7. The van der Waals surface area contributed by atoms with Gasteiger partial charge < -0.3 is 14.3 Å². The molecule has 21 heavy (non-hydrogen) atoms. The third-order valence-electron chi connectivity index (χ3n) is 2.49. The maximum absolute atomic E-state index is 11.6. The average molecular weight is 312 g/mol. The van der Waals surface area contributed by atoms with E-state index in [2.05, 4.69) is 4.74 Å². The van der Waals surface area contributed by atoms with E-state index in [0.717, 1.165) is 0 Å².